The van der Waals surface area contributed by atoms with Crippen molar-refractivity contribution in [3.8, 4) is 0 Å². The van der Waals surface area contributed by atoms with Crippen LogP contribution in [0.5, 0.6) is 0 Å². The highest BCUT2D eigenvalue weighted by atomic mass is 35.5. The largest absolute Gasteiger partial charge is 0.348 e. The number of halogens is 1. The van der Waals surface area contributed by atoms with Gasteiger partial charge in [0.25, 0.3) is 0 Å². The van der Waals surface area contributed by atoms with E-state index in [0.717, 1.165) is 10.6 Å². The number of fused-ring (bicyclic) bond motifs is 1. The fraction of sp³-hybridized carbons (Fsp3) is 0.176. The first-order valence-corrected chi connectivity index (χ1v) is 10.2. The molecule has 0 amide bonds. The van der Waals surface area contributed by atoms with Gasteiger partial charge < -0.3 is 4.57 Å². The van der Waals surface area contributed by atoms with Gasteiger partial charge in [0.05, 0.1) is 10.9 Å². The van der Waals surface area contributed by atoms with E-state index in [0.29, 0.717) is 18.1 Å². The maximum absolute atomic E-state index is 13.2. The Morgan fingerprint density at radius 2 is 1.83 bits per heavy atom. The van der Waals surface area contributed by atoms with Crippen molar-refractivity contribution in [2.45, 2.75) is 17.5 Å². The Morgan fingerprint density at radius 3 is 2.54 bits per heavy atom. The molecule has 0 N–H and O–H groups in total. The van der Waals surface area contributed by atoms with Crippen LogP contribution in [0.4, 0.5) is 0 Å². The lowest BCUT2D eigenvalue weighted by Gasteiger charge is -2.35. The van der Waals surface area contributed by atoms with Crippen LogP contribution >= 0.6 is 22.9 Å². The molecule has 4 nitrogen and oxygen atoms in total. The van der Waals surface area contributed by atoms with Crippen LogP contribution in [-0.2, 0) is 16.6 Å². The lowest BCUT2D eigenvalue weighted by molar-refractivity contribution is 0.301. The average molecular weight is 379 g/mol. The normalized spacial score (nSPS) is 18.5. The third kappa shape index (κ3) is 2.59. The first kappa shape index (κ1) is 15.9. The molecule has 1 aliphatic rings. The maximum atomic E-state index is 13.2. The third-order valence-corrected chi connectivity index (χ3v) is 7.28. The average Bonchev–Trinajstić information content (AvgIpc) is 3.25. The zero-order valence-corrected chi connectivity index (χ0v) is 15.1. The van der Waals surface area contributed by atoms with Crippen LogP contribution in [0.25, 0.3) is 0 Å². The molecule has 0 fully saturated rings. The summed E-state index contributed by atoms with van der Waals surface area (Å²) >= 11 is 7.47. The van der Waals surface area contributed by atoms with Gasteiger partial charge in [-0.05, 0) is 47.8 Å². The fourth-order valence-corrected chi connectivity index (χ4v) is 5.71. The Hall–Kier alpha value is -1.60. The van der Waals surface area contributed by atoms with Crippen LogP contribution in [0.3, 0.4) is 0 Å². The van der Waals surface area contributed by atoms with Gasteiger partial charge in [0.1, 0.15) is 0 Å². The molecule has 0 saturated heterocycles. The Balaban J connectivity index is 1.83. The van der Waals surface area contributed by atoms with Gasteiger partial charge >= 0.3 is 0 Å². The summed E-state index contributed by atoms with van der Waals surface area (Å²) in [7, 11) is -3.61. The van der Waals surface area contributed by atoms with E-state index >= 15 is 0 Å². The second-order valence-corrected chi connectivity index (χ2v) is 8.92. The Bertz CT molecular complexity index is 947. The van der Waals surface area contributed by atoms with E-state index in [9.17, 15) is 8.42 Å². The van der Waals surface area contributed by atoms with E-state index in [4.69, 9.17) is 11.6 Å². The highest BCUT2D eigenvalue weighted by molar-refractivity contribution is 7.89. The van der Waals surface area contributed by atoms with Crippen molar-refractivity contribution in [1.29, 1.82) is 0 Å². The zero-order chi connectivity index (χ0) is 16.7. The van der Waals surface area contributed by atoms with Crippen LogP contribution in [0.2, 0.25) is 5.02 Å². The lowest BCUT2D eigenvalue weighted by Crippen LogP contribution is -2.42. The van der Waals surface area contributed by atoms with Crippen LogP contribution in [0, 0.1) is 0 Å². The number of aromatic nitrogens is 1. The van der Waals surface area contributed by atoms with E-state index in [1.54, 1.807) is 39.9 Å². The van der Waals surface area contributed by atoms with Gasteiger partial charge in [-0.15, -0.1) is 11.3 Å². The molecule has 4 rings (SSSR count). The molecule has 1 aromatic carbocycles. The standard InChI is InChI=1S/C17H15ClN2O2S2/c18-13-5-7-14(8-6-13)24(21,22)20-11-10-19-9-1-3-15(19)17(20)16-4-2-12-23-16/h1-9,12,17H,10-11H2. The second kappa shape index (κ2) is 6.04. The summed E-state index contributed by atoms with van der Waals surface area (Å²) in [6, 6.07) is 14.0. The summed E-state index contributed by atoms with van der Waals surface area (Å²) in [4.78, 5) is 1.29. The maximum Gasteiger partial charge on any atom is 0.244 e. The SMILES string of the molecule is O=S(=O)(c1ccc(Cl)cc1)N1CCn2cccc2C1c1cccs1. The number of nitrogens with zero attached hydrogens (tertiary/aromatic N) is 2. The van der Waals surface area contributed by atoms with E-state index in [2.05, 4.69) is 4.57 Å². The molecule has 0 saturated carbocycles. The minimum absolute atomic E-state index is 0.272. The van der Waals surface area contributed by atoms with E-state index in [-0.39, 0.29) is 10.9 Å². The third-order valence-electron chi connectivity index (χ3n) is 4.23. The number of hydrogen-bond acceptors (Lipinski definition) is 3. The first-order valence-electron chi connectivity index (χ1n) is 7.53. The van der Waals surface area contributed by atoms with Crippen molar-refractivity contribution in [2.75, 3.05) is 6.54 Å². The summed E-state index contributed by atoms with van der Waals surface area (Å²) in [5.41, 5.74) is 1.00. The van der Waals surface area contributed by atoms with E-state index < -0.39 is 10.0 Å². The van der Waals surface area contributed by atoms with E-state index in [1.807, 2.05) is 35.8 Å². The molecule has 2 aromatic heterocycles. The topological polar surface area (TPSA) is 42.3 Å². The van der Waals surface area contributed by atoms with Crippen LogP contribution in [-0.4, -0.2) is 23.8 Å². The van der Waals surface area contributed by atoms with E-state index in [1.165, 1.54) is 0 Å². The molecule has 0 radical (unpaired) electrons. The molecule has 1 atom stereocenters. The van der Waals surface area contributed by atoms with Crippen LogP contribution < -0.4 is 0 Å². The molecule has 1 unspecified atom stereocenters. The smallest absolute Gasteiger partial charge is 0.244 e. The van der Waals surface area contributed by atoms with Crippen molar-refractivity contribution < 1.29 is 8.42 Å². The zero-order valence-electron chi connectivity index (χ0n) is 12.7. The fourth-order valence-electron chi connectivity index (χ4n) is 3.10. The molecule has 0 bridgehead atoms. The Kier molecular flexibility index (Phi) is 4.00. The predicted molar refractivity (Wildman–Crippen MR) is 95.9 cm³/mol. The highest BCUT2D eigenvalue weighted by Gasteiger charge is 2.37. The van der Waals surface area contributed by atoms with Gasteiger partial charge in [-0.3, -0.25) is 0 Å². The molecule has 7 heteroatoms. The minimum atomic E-state index is -3.61. The van der Waals surface area contributed by atoms with Crippen molar-refractivity contribution >= 4 is 33.0 Å². The molecule has 3 aromatic rings. The lowest BCUT2D eigenvalue weighted by atomic mass is 10.1. The minimum Gasteiger partial charge on any atom is -0.348 e. The summed E-state index contributed by atoms with van der Waals surface area (Å²) in [6.07, 6.45) is 2.00. The van der Waals surface area contributed by atoms with Crippen molar-refractivity contribution in [3.63, 3.8) is 0 Å². The summed E-state index contributed by atoms with van der Waals surface area (Å²) in [5, 5.41) is 2.50. The molecule has 24 heavy (non-hydrogen) atoms. The number of sulfonamides is 1. The monoisotopic (exact) mass is 378 g/mol. The second-order valence-electron chi connectivity index (χ2n) is 5.61. The molecule has 124 valence electrons. The van der Waals surface area contributed by atoms with Gasteiger partial charge in [0.2, 0.25) is 10.0 Å². The predicted octanol–water partition coefficient (Wildman–Crippen LogP) is 4.00. The number of rotatable bonds is 3. The molecular formula is C17H15ClN2O2S2. The summed E-state index contributed by atoms with van der Waals surface area (Å²) in [6.45, 7) is 1.09. The summed E-state index contributed by atoms with van der Waals surface area (Å²) in [5.74, 6) is 0. The van der Waals surface area contributed by atoms with Crippen molar-refractivity contribution in [3.05, 3.63) is 75.7 Å². The number of hydrogen-bond donors (Lipinski definition) is 0. The molecular weight excluding hydrogens is 364 g/mol. The Morgan fingerprint density at radius 1 is 1.04 bits per heavy atom. The van der Waals surface area contributed by atoms with Gasteiger partial charge in [-0.2, -0.15) is 4.31 Å². The van der Waals surface area contributed by atoms with Crippen molar-refractivity contribution in [1.82, 2.24) is 8.87 Å². The number of thiophene rings is 1. The molecule has 3 heterocycles. The molecule has 0 aliphatic carbocycles. The number of benzene rings is 1. The quantitative estimate of drug-likeness (QED) is 0.691. The first-order chi connectivity index (χ1) is 11.6. The van der Waals surface area contributed by atoms with Gasteiger partial charge in [0, 0.05) is 34.9 Å². The molecule has 1 aliphatic heterocycles. The van der Waals surface area contributed by atoms with Crippen molar-refractivity contribution in [2.24, 2.45) is 0 Å². The Labute approximate surface area is 150 Å². The van der Waals surface area contributed by atoms with Gasteiger partial charge in [0.15, 0.2) is 0 Å². The molecule has 0 spiro atoms. The van der Waals surface area contributed by atoms with Crippen LogP contribution in [0.1, 0.15) is 16.6 Å². The summed E-state index contributed by atoms with van der Waals surface area (Å²) < 4.78 is 30.1. The van der Waals surface area contributed by atoms with Crippen LogP contribution in [0.15, 0.2) is 65.0 Å². The van der Waals surface area contributed by atoms with Gasteiger partial charge in [-0.1, -0.05) is 17.7 Å². The van der Waals surface area contributed by atoms with Gasteiger partial charge in [-0.25, -0.2) is 8.42 Å². The highest BCUT2D eigenvalue weighted by Crippen LogP contribution is 2.38.